The second kappa shape index (κ2) is 5.37. The van der Waals surface area contributed by atoms with E-state index in [0.29, 0.717) is 19.0 Å². The zero-order valence-electron chi connectivity index (χ0n) is 8.38. The van der Waals surface area contributed by atoms with Crippen molar-refractivity contribution in [2.24, 2.45) is 0 Å². The average molecular weight is 218 g/mol. The van der Waals surface area contributed by atoms with E-state index in [0.717, 1.165) is 12.8 Å². The Bertz CT molecular complexity index is 222. The molecule has 80 valence electrons. The number of alkyl halides is 1. The number of rotatable bonds is 4. The minimum Gasteiger partial charge on any atom is -0.365 e. The molecule has 1 unspecified atom stereocenters. The Kier molecular flexibility index (Phi) is 4.42. The van der Waals surface area contributed by atoms with Gasteiger partial charge < -0.3 is 10.1 Å². The van der Waals surface area contributed by atoms with Gasteiger partial charge in [0, 0.05) is 19.0 Å². The van der Waals surface area contributed by atoms with Crippen LogP contribution in [0.5, 0.6) is 0 Å². The molecule has 0 aliphatic carbocycles. The third-order valence-corrected chi connectivity index (χ3v) is 2.51. The maximum atomic E-state index is 11.6. The van der Waals surface area contributed by atoms with Crippen LogP contribution in [-0.2, 0) is 9.53 Å². The van der Waals surface area contributed by atoms with Crippen LogP contribution in [0.15, 0.2) is 12.2 Å². The van der Waals surface area contributed by atoms with Crippen molar-refractivity contribution in [1.82, 2.24) is 5.32 Å². The maximum absolute atomic E-state index is 11.6. The summed E-state index contributed by atoms with van der Waals surface area (Å²) in [6.45, 7) is 3.03. The van der Waals surface area contributed by atoms with Crippen LogP contribution in [0.4, 0.5) is 0 Å². The van der Waals surface area contributed by atoms with Crippen LogP contribution in [0.2, 0.25) is 0 Å². The molecular formula is C10H16ClNO2. The average Bonchev–Trinajstić information content (AvgIpc) is 2.61. The smallest absolute Gasteiger partial charge is 0.252 e. The highest BCUT2D eigenvalue weighted by molar-refractivity contribution is 6.18. The van der Waals surface area contributed by atoms with Gasteiger partial charge in [0.2, 0.25) is 0 Å². The van der Waals surface area contributed by atoms with Crippen LogP contribution >= 0.6 is 11.6 Å². The normalized spacial score (nSPS) is 27.0. The molecule has 1 amide bonds. The molecule has 4 heteroatoms. The number of hydrogen-bond donors (Lipinski definition) is 1. The summed E-state index contributed by atoms with van der Waals surface area (Å²) in [5.74, 6) is 0.443. The molecule has 0 bridgehead atoms. The zero-order valence-corrected chi connectivity index (χ0v) is 9.14. The highest BCUT2D eigenvalue weighted by Gasteiger charge is 2.37. The number of hydrogen-bond acceptors (Lipinski definition) is 2. The fourth-order valence-electron chi connectivity index (χ4n) is 1.44. The molecule has 1 rings (SSSR count). The van der Waals surface area contributed by atoms with Gasteiger partial charge in [-0.2, -0.15) is 0 Å². The lowest BCUT2D eigenvalue weighted by Gasteiger charge is -2.21. The van der Waals surface area contributed by atoms with E-state index in [1.807, 2.05) is 13.0 Å². The lowest BCUT2D eigenvalue weighted by atomic mass is 10.0. The van der Waals surface area contributed by atoms with Gasteiger partial charge in [0.1, 0.15) is 5.60 Å². The first-order valence-corrected chi connectivity index (χ1v) is 5.36. The first-order valence-electron chi connectivity index (χ1n) is 4.82. The third kappa shape index (κ3) is 3.00. The number of carbonyl (C=O) groups excluding carboxylic acids is 1. The molecule has 1 heterocycles. The van der Waals surface area contributed by atoms with Gasteiger partial charge in [-0.3, -0.25) is 4.79 Å². The van der Waals surface area contributed by atoms with E-state index in [9.17, 15) is 4.79 Å². The molecule has 1 atom stereocenters. The van der Waals surface area contributed by atoms with Gasteiger partial charge in [0.05, 0.1) is 0 Å². The summed E-state index contributed by atoms with van der Waals surface area (Å²) >= 11 is 5.45. The Labute approximate surface area is 89.5 Å². The predicted octanol–water partition coefficient (Wildman–Crippen LogP) is 1.47. The summed E-state index contributed by atoms with van der Waals surface area (Å²) in [7, 11) is 0. The van der Waals surface area contributed by atoms with E-state index in [1.165, 1.54) is 0 Å². The largest absolute Gasteiger partial charge is 0.365 e. The summed E-state index contributed by atoms with van der Waals surface area (Å²) in [5, 5.41) is 2.79. The van der Waals surface area contributed by atoms with Crippen LogP contribution in [0.25, 0.3) is 0 Å². The van der Waals surface area contributed by atoms with E-state index < -0.39 is 5.60 Å². The summed E-state index contributed by atoms with van der Waals surface area (Å²) in [6, 6.07) is 0. The molecule has 0 aromatic carbocycles. The van der Waals surface area contributed by atoms with Crippen molar-refractivity contribution in [1.29, 1.82) is 0 Å². The SMILES string of the molecule is CC1(C(=O)NC/C=C/CCl)CCCO1. The molecule has 0 aromatic heterocycles. The Hall–Kier alpha value is -0.540. The molecule has 1 N–H and O–H groups in total. The standard InChI is InChI=1S/C10H16ClNO2/c1-10(5-4-8-14-10)9(13)12-7-3-2-6-11/h2-3H,4-8H2,1H3,(H,12,13)/b3-2+. The minimum atomic E-state index is -0.616. The molecule has 0 spiro atoms. The monoisotopic (exact) mass is 217 g/mol. The molecule has 1 aliphatic rings. The van der Waals surface area contributed by atoms with Crippen molar-refractivity contribution in [3.8, 4) is 0 Å². The molecule has 1 saturated heterocycles. The molecule has 1 aliphatic heterocycles. The second-order valence-corrected chi connectivity index (χ2v) is 3.83. The Morgan fingerprint density at radius 3 is 3.00 bits per heavy atom. The lowest BCUT2D eigenvalue weighted by molar-refractivity contribution is -0.139. The minimum absolute atomic E-state index is 0.0331. The van der Waals surface area contributed by atoms with Gasteiger partial charge in [-0.1, -0.05) is 12.2 Å². The number of ether oxygens (including phenoxy) is 1. The van der Waals surface area contributed by atoms with Crippen LogP contribution in [0, 0.1) is 0 Å². The molecule has 0 radical (unpaired) electrons. The number of carbonyl (C=O) groups is 1. The predicted molar refractivity (Wildman–Crippen MR) is 56.5 cm³/mol. The third-order valence-electron chi connectivity index (χ3n) is 2.34. The van der Waals surface area contributed by atoms with Crippen LogP contribution < -0.4 is 5.32 Å². The summed E-state index contributed by atoms with van der Waals surface area (Å²) in [4.78, 5) is 11.6. The van der Waals surface area contributed by atoms with Crippen molar-refractivity contribution in [2.45, 2.75) is 25.4 Å². The summed E-state index contributed by atoms with van der Waals surface area (Å²) in [5.41, 5.74) is -0.616. The summed E-state index contributed by atoms with van der Waals surface area (Å²) in [6.07, 6.45) is 5.41. The Balaban J connectivity index is 2.30. The van der Waals surface area contributed by atoms with Crippen LogP contribution in [0.1, 0.15) is 19.8 Å². The maximum Gasteiger partial charge on any atom is 0.252 e. The van der Waals surface area contributed by atoms with E-state index >= 15 is 0 Å². The van der Waals surface area contributed by atoms with E-state index in [1.54, 1.807) is 6.08 Å². The number of nitrogens with one attached hydrogen (secondary N) is 1. The van der Waals surface area contributed by atoms with Crippen molar-refractivity contribution < 1.29 is 9.53 Å². The number of allylic oxidation sites excluding steroid dienone is 1. The first-order chi connectivity index (χ1) is 6.69. The molecule has 3 nitrogen and oxygen atoms in total. The second-order valence-electron chi connectivity index (χ2n) is 3.52. The lowest BCUT2D eigenvalue weighted by Crippen LogP contribution is -2.43. The van der Waals surface area contributed by atoms with Crippen LogP contribution in [0.3, 0.4) is 0 Å². The van der Waals surface area contributed by atoms with E-state index in [-0.39, 0.29) is 5.91 Å². The van der Waals surface area contributed by atoms with Gasteiger partial charge in [0.25, 0.3) is 5.91 Å². The highest BCUT2D eigenvalue weighted by Crippen LogP contribution is 2.24. The number of amides is 1. The number of halogens is 1. The Morgan fingerprint density at radius 1 is 1.64 bits per heavy atom. The molecular weight excluding hydrogens is 202 g/mol. The van der Waals surface area contributed by atoms with Crippen molar-refractivity contribution in [3.05, 3.63) is 12.2 Å². The van der Waals surface area contributed by atoms with Gasteiger partial charge >= 0.3 is 0 Å². The van der Waals surface area contributed by atoms with Crippen LogP contribution in [-0.4, -0.2) is 30.5 Å². The van der Waals surface area contributed by atoms with E-state index in [2.05, 4.69) is 5.32 Å². The fraction of sp³-hybridized carbons (Fsp3) is 0.700. The van der Waals surface area contributed by atoms with Crippen molar-refractivity contribution in [3.63, 3.8) is 0 Å². The fourth-order valence-corrected chi connectivity index (χ4v) is 1.57. The van der Waals surface area contributed by atoms with Gasteiger partial charge in [-0.25, -0.2) is 0 Å². The topological polar surface area (TPSA) is 38.3 Å². The van der Waals surface area contributed by atoms with E-state index in [4.69, 9.17) is 16.3 Å². The van der Waals surface area contributed by atoms with Crippen molar-refractivity contribution >= 4 is 17.5 Å². The zero-order chi connectivity index (χ0) is 10.4. The Morgan fingerprint density at radius 2 is 2.43 bits per heavy atom. The molecule has 0 aromatic rings. The summed E-state index contributed by atoms with van der Waals surface area (Å²) < 4.78 is 5.40. The first kappa shape index (κ1) is 11.5. The van der Waals surface area contributed by atoms with Gasteiger partial charge in [-0.05, 0) is 19.8 Å². The highest BCUT2D eigenvalue weighted by atomic mass is 35.5. The quantitative estimate of drug-likeness (QED) is 0.572. The van der Waals surface area contributed by atoms with Gasteiger partial charge in [0.15, 0.2) is 0 Å². The van der Waals surface area contributed by atoms with Crippen molar-refractivity contribution in [2.75, 3.05) is 19.0 Å². The molecule has 1 fully saturated rings. The molecule has 14 heavy (non-hydrogen) atoms. The van der Waals surface area contributed by atoms with Gasteiger partial charge in [-0.15, -0.1) is 11.6 Å². The molecule has 0 saturated carbocycles.